The van der Waals surface area contributed by atoms with Crippen LogP contribution in [0, 0.1) is 11.8 Å². The first kappa shape index (κ1) is 22.6. The number of hydrogen-bond donors (Lipinski definition) is 1. The number of hydrogen-bond acceptors (Lipinski definition) is 3. The molecule has 0 aromatic heterocycles. The smallest absolute Gasteiger partial charge is 0.223 e. The molecule has 2 aromatic carbocycles. The monoisotopic (exact) mass is 428 g/mol. The Morgan fingerprint density at radius 2 is 1.80 bits per heavy atom. The average Bonchev–Trinajstić information content (AvgIpc) is 2.75. The fourth-order valence-corrected chi connectivity index (χ4v) is 4.29. The third kappa shape index (κ3) is 6.23. The van der Waals surface area contributed by atoms with Gasteiger partial charge in [-0.2, -0.15) is 0 Å². The summed E-state index contributed by atoms with van der Waals surface area (Å²) in [6.45, 7) is 7.06. The molecule has 1 aliphatic rings. The summed E-state index contributed by atoms with van der Waals surface area (Å²) in [5.41, 5.74) is 2.28. The number of rotatable bonds is 8. The van der Waals surface area contributed by atoms with Crippen molar-refractivity contribution in [1.82, 2.24) is 10.2 Å². The van der Waals surface area contributed by atoms with E-state index in [0.717, 1.165) is 60.8 Å². The van der Waals surface area contributed by atoms with Gasteiger partial charge in [0.2, 0.25) is 5.91 Å². The predicted molar refractivity (Wildman–Crippen MR) is 123 cm³/mol. The van der Waals surface area contributed by atoms with Gasteiger partial charge in [-0.25, -0.2) is 0 Å². The molecule has 0 unspecified atom stereocenters. The summed E-state index contributed by atoms with van der Waals surface area (Å²) < 4.78 is 5.27. The van der Waals surface area contributed by atoms with Crippen molar-refractivity contribution in [2.45, 2.75) is 45.7 Å². The lowest BCUT2D eigenvalue weighted by Crippen LogP contribution is -2.41. The molecule has 30 heavy (non-hydrogen) atoms. The number of likely N-dealkylation sites (tertiary alicyclic amines) is 1. The highest BCUT2D eigenvalue weighted by atomic mass is 35.5. The molecular formula is C25H33ClN2O2. The van der Waals surface area contributed by atoms with Crippen molar-refractivity contribution in [3.05, 3.63) is 64.7 Å². The first-order valence-corrected chi connectivity index (χ1v) is 11.2. The zero-order valence-corrected chi connectivity index (χ0v) is 19.0. The topological polar surface area (TPSA) is 41.6 Å². The van der Waals surface area contributed by atoms with Crippen molar-refractivity contribution in [2.24, 2.45) is 11.8 Å². The molecule has 0 bridgehead atoms. The Balaban J connectivity index is 1.56. The molecule has 2 aromatic rings. The van der Waals surface area contributed by atoms with Gasteiger partial charge >= 0.3 is 0 Å². The van der Waals surface area contributed by atoms with E-state index in [1.54, 1.807) is 7.11 Å². The van der Waals surface area contributed by atoms with Gasteiger partial charge in [0.25, 0.3) is 0 Å². The second-order valence-electron chi connectivity index (χ2n) is 8.61. The molecule has 162 valence electrons. The van der Waals surface area contributed by atoms with Gasteiger partial charge in [0.1, 0.15) is 5.75 Å². The van der Waals surface area contributed by atoms with Crippen molar-refractivity contribution in [3.63, 3.8) is 0 Å². The van der Waals surface area contributed by atoms with E-state index in [-0.39, 0.29) is 17.9 Å². The molecule has 1 fully saturated rings. The van der Waals surface area contributed by atoms with E-state index in [1.165, 1.54) is 0 Å². The maximum Gasteiger partial charge on any atom is 0.223 e. The number of ether oxygens (including phenoxy) is 1. The highest BCUT2D eigenvalue weighted by Crippen LogP contribution is 2.26. The molecule has 0 radical (unpaired) electrons. The Hall–Kier alpha value is -2.04. The number of nitrogens with zero attached hydrogens (tertiary/aromatic N) is 1. The molecule has 1 heterocycles. The highest BCUT2D eigenvalue weighted by Gasteiger charge is 2.27. The molecule has 1 saturated heterocycles. The first-order chi connectivity index (χ1) is 14.5. The number of halogens is 1. The van der Waals surface area contributed by atoms with Crippen LogP contribution in [0.3, 0.4) is 0 Å². The van der Waals surface area contributed by atoms with Crippen LogP contribution in [0.4, 0.5) is 0 Å². The van der Waals surface area contributed by atoms with Gasteiger partial charge < -0.3 is 10.1 Å². The Labute approximate surface area is 185 Å². The van der Waals surface area contributed by atoms with Crippen molar-refractivity contribution >= 4 is 17.5 Å². The van der Waals surface area contributed by atoms with Crippen LogP contribution in [-0.2, 0) is 11.3 Å². The van der Waals surface area contributed by atoms with Crippen LogP contribution in [0.5, 0.6) is 5.75 Å². The van der Waals surface area contributed by atoms with Crippen LogP contribution >= 0.6 is 11.6 Å². The zero-order valence-electron chi connectivity index (χ0n) is 18.2. The molecule has 0 spiro atoms. The summed E-state index contributed by atoms with van der Waals surface area (Å²) in [5.74, 6) is 1.57. The Bertz CT molecular complexity index is 814. The van der Waals surface area contributed by atoms with E-state index in [4.69, 9.17) is 16.3 Å². The van der Waals surface area contributed by atoms with E-state index in [2.05, 4.69) is 42.3 Å². The number of carbonyl (C=O) groups excluding carboxylic acids is 1. The van der Waals surface area contributed by atoms with Gasteiger partial charge in [0, 0.05) is 17.5 Å². The number of piperidine rings is 1. The second kappa shape index (κ2) is 10.8. The molecular weight excluding hydrogens is 396 g/mol. The third-order valence-electron chi connectivity index (χ3n) is 5.85. The number of carbonyl (C=O) groups is 1. The minimum Gasteiger partial charge on any atom is -0.497 e. The summed E-state index contributed by atoms with van der Waals surface area (Å²) in [5, 5.41) is 4.14. The van der Waals surface area contributed by atoms with Crippen LogP contribution in [0.15, 0.2) is 48.5 Å². The van der Waals surface area contributed by atoms with E-state index in [1.807, 2.05) is 30.3 Å². The van der Waals surface area contributed by atoms with Crippen molar-refractivity contribution in [3.8, 4) is 5.75 Å². The SMILES string of the molecule is COc1ccc([C@@H](CC(C)C)NC(=O)C2CCN(Cc3ccccc3Cl)CC2)cc1. The summed E-state index contributed by atoms with van der Waals surface area (Å²) >= 11 is 6.30. The fraction of sp³-hybridized carbons (Fsp3) is 0.480. The van der Waals surface area contributed by atoms with Crippen molar-refractivity contribution < 1.29 is 9.53 Å². The van der Waals surface area contributed by atoms with E-state index >= 15 is 0 Å². The Morgan fingerprint density at radius 1 is 1.13 bits per heavy atom. The van der Waals surface area contributed by atoms with Gasteiger partial charge in [0.15, 0.2) is 0 Å². The predicted octanol–water partition coefficient (Wildman–Crippen LogP) is 5.46. The summed E-state index contributed by atoms with van der Waals surface area (Å²) in [6, 6.07) is 16.1. The number of methoxy groups -OCH3 is 1. The fourth-order valence-electron chi connectivity index (χ4n) is 4.10. The zero-order chi connectivity index (χ0) is 21.5. The normalized spacial score (nSPS) is 16.4. The molecule has 0 aliphatic carbocycles. The van der Waals surface area contributed by atoms with Crippen LogP contribution in [0.25, 0.3) is 0 Å². The summed E-state index contributed by atoms with van der Waals surface area (Å²) in [7, 11) is 1.67. The standard InChI is InChI=1S/C25H33ClN2O2/c1-18(2)16-24(19-8-10-22(30-3)11-9-19)27-25(29)20-12-14-28(15-13-20)17-21-6-4-5-7-23(21)26/h4-11,18,20,24H,12-17H2,1-3H3,(H,27,29)/t24-/m1/s1. The minimum atomic E-state index is 0.0320. The minimum absolute atomic E-state index is 0.0320. The lowest BCUT2D eigenvalue weighted by atomic mass is 9.92. The molecule has 0 saturated carbocycles. The number of amides is 1. The number of nitrogens with one attached hydrogen (secondary N) is 1. The third-order valence-corrected chi connectivity index (χ3v) is 6.22. The van der Waals surface area contributed by atoms with Gasteiger partial charge in [-0.1, -0.05) is 55.8 Å². The molecule has 1 aliphatic heterocycles. The first-order valence-electron chi connectivity index (χ1n) is 10.9. The van der Waals surface area contributed by atoms with Crippen LogP contribution in [0.1, 0.15) is 50.3 Å². The lowest BCUT2D eigenvalue weighted by Gasteiger charge is -2.32. The molecule has 1 N–H and O–H groups in total. The van der Waals surface area contributed by atoms with Crippen LogP contribution in [0.2, 0.25) is 5.02 Å². The van der Waals surface area contributed by atoms with E-state index in [9.17, 15) is 4.79 Å². The van der Waals surface area contributed by atoms with Gasteiger partial charge in [0.05, 0.1) is 13.2 Å². The van der Waals surface area contributed by atoms with Crippen molar-refractivity contribution in [2.75, 3.05) is 20.2 Å². The Kier molecular flexibility index (Phi) is 8.17. The maximum atomic E-state index is 13.0. The van der Waals surface area contributed by atoms with Crippen molar-refractivity contribution in [1.29, 1.82) is 0 Å². The van der Waals surface area contributed by atoms with Crippen LogP contribution < -0.4 is 10.1 Å². The molecule has 3 rings (SSSR count). The molecule has 1 amide bonds. The highest BCUT2D eigenvalue weighted by molar-refractivity contribution is 6.31. The number of benzene rings is 2. The molecule has 4 nitrogen and oxygen atoms in total. The van der Waals surface area contributed by atoms with Gasteiger partial charge in [-0.3, -0.25) is 9.69 Å². The quantitative estimate of drug-likeness (QED) is 0.606. The maximum absolute atomic E-state index is 13.0. The molecule has 5 heteroatoms. The summed E-state index contributed by atoms with van der Waals surface area (Å²) in [6.07, 6.45) is 2.68. The van der Waals surface area contributed by atoms with Gasteiger partial charge in [-0.05, 0) is 67.6 Å². The van der Waals surface area contributed by atoms with E-state index in [0.29, 0.717) is 5.92 Å². The second-order valence-corrected chi connectivity index (χ2v) is 9.01. The Morgan fingerprint density at radius 3 is 2.40 bits per heavy atom. The lowest BCUT2D eigenvalue weighted by molar-refractivity contribution is -0.127. The molecule has 1 atom stereocenters. The van der Waals surface area contributed by atoms with Crippen LogP contribution in [-0.4, -0.2) is 31.0 Å². The van der Waals surface area contributed by atoms with E-state index < -0.39 is 0 Å². The summed E-state index contributed by atoms with van der Waals surface area (Å²) in [4.78, 5) is 15.4. The van der Waals surface area contributed by atoms with Gasteiger partial charge in [-0.15, -0.1) is 0 Å². The average molecular weight is 429 g/mol. The largest absolute Gasteiger partial charge is 0.497 e.